The highest BCUT2D eigenvalue weighted by atomic mass is 16.3. The number of aliphatic imine (C=N–C) groups is 1. The highest BCUT2D eigenvalue weighted by Crippen LogP contribution is 2.17. The lowest BCUT2D eigenvalue weighted by molar-refractivity contribution is 0.409. The van der Waals surface area contributed by atoms with Gasteiger partial charge in [-0.2, -0.15) is 0 Å². The standard InChI is InChI=1S/C19H26N4O/c1-2-7-16(8-3-1)23-19(21-13-11-18-10-6-14-24-18)22-15-17-9-4-5-12-20-17/h4-6,9-10,12,14,16H,1-3,7-8,11,13,15H2,(H2,21,22,23). The Kier molecular flexibility index (Phi) is 6.28. The molecule has 0 aliphatic heterocycles. The van der Waals surface area contributed by atoms with Crippen molar-refractivity contribution in [3.05, 3.63) is 54.2 Å². The number of guanidine groups is 1. The molecule has 0 atom stereocenters. The molecule has 1 saturated carbocycles. The van der Waals surface area contributed by atoms with Gasteiger partial charge in [-0.1, -0.05) is 25.3 Å². The lowest BCUT2D eigenvalue weighted by Crippen LogP contribution is -2.44. The molecule has 0 radical (unpaired) electrons. The van der Waals surface area contributed by atoms with Crippen LogP contribution in [-0.2, 0) is 13.0 Å². The Hall–Kier alpha value is -2.30. The average Bonchev–Trinajstić information content (AvgIpc) is 3.15. The second-order valence-electron chi connectivity index (χ2n) is 6.22. The Labute approximate surface area is 143 Å². The van der Waals surface area contributed by atoms with E-state index in [1.807, 2.05) is 36.5 Å². The fourth-order valence-electron chi connectivity index (χ4n) is 3.00. The minimum Gasteiger partial charge on any atom is -0.469 e. The summed E-state index contributed by atoms with van der Waals surface area (Å²) in [7, 11) is 0. The van der Waals surface area contributed by atoms with Crippen LogP contribution in [0.25, 0.3) is 0 Å². The zero-order valence-electron chi connectivity index (χ0n) is 14.1. The third kappa shape index (κ3) is 5.41. The van der Waals surface area contributed by atoms with E-state index < -0.39 is 0 Å². The van der Waals surface area contributed by atoms with Gasteiger partial charge in [-0.15, -0.1) is 0 Å². The lowest BCUT2D eigenvalue weighted by Gasteiger charge is -2.25. The van der Waals surface area contributed by atoms with Crippen LogP contribution < -0.4 is 10.6 Å². The summed E-state index contributed by atoms with van der Waals surface area (Å²) in [5, 5.41) is 7.01. The van der Waals surface area contributed by atoms with Crippen molar-refractivity contribution in [3.63, 3.8) is 0 Å². The van der Waals surface area contributed by atoms with E-state index in [4.69, 9.17) is 9.41 Å². The van der Waals surface area contributed by atoms with Gasteiger partial charge in [-0.25, -0.2) is 4.99 Å². The molecule has 0 spiro atoms. The van der Waals surface area contributed by atoms with Gasteiger partial charge in [-0.3, -0.25) is 4.98 Å². The van der Waals surface area contributed by atoms with Gasteiger partial charge in [0.1, 0.15) is 5.76 Å². The number of rotatable bonds is 6. The second-order valence-corrected chi connectivity index (χ2v) is 6.22. The van der Waals surface area contributed by atoms with Gasteiger partial charge in [0.25, 0.3) is 0 Å². The van der Waals surface area contributed by atoms with Crippen LogP contribution in [0.15, 0.2) is 52.2 Å². The summed E-state index contributed by atoms with van der Waals surface area (Å²) in [5.41, 5.74) is 0.980. The summed E-state index contributed by atoms with van der Waals surface area (Å²) < 4.78 is 5.38. The first-order valence-corrected chi connectivity index (χ1v) is 8.87. The van der Waals surface area contributed by atoms with Crippen molar-refractivity contribution in [1.82, 2.24) is 15.6 Å². The van der Waals surface area contributed by atoms with Gasteiger partial charge in [0.15, 0.2) is 5.96 Å². The van der Waals surface area contributed by atoms with Crippen LogP contribution in [0.4, 0.5) is 0 Å². The molecule has 2 aromatic rings. The average molecular weight is 326 g/mol. The number of pyridine rings is 1. The molecule has 0 unspecified atom stereocenters. The van der Waals surface area contributed by atoms with Crippen molar-refractivity contribution in [2.45, 2.75) is 51.1 Å². The molecule has 5 heteroatoms. The fourth-order valence-corrected chi connectivity index (χ4v) is 3.00. The van der Waals surface area contributed by atoms with E-state index in [2.05, 4.69) is 15.6 Å². The van der Waals surface area contributed by atoms with Crippen molar-refractivity contribution in [3.8, 4) is 0 Å². The molecule has 3 rings (SSSR count). The van der Waals surface area contributed by atoms with Crippen molar-refractivity contribution in [2.75, 3.05) is 6.54 Å². The maximum atomic E-state index is 5.38. The first-order chi connectivity index (χ1) is 11.9. The molecule has 2 N–H and O–H groups in total. The Morgan fingerprint density at radius 1 is 1.17 bits per heavy atom. The summed E-state index contributed by atoms with van der Waals surface area (Å²) in [6.07, 6.45) is 10.8. The smallest absolute Gasteiger partial charge is 0.191 e. The molecule has 5 nitrogen and oxygen atoms in total. The zero-order chi connectivity index (χ0) is 16.5. The first-order valence-electron chi connectivity index (χ1n) is 8.87. The summed E-state index contributed by atoms with van der Waals surface area (Å²) in [6, 6.07) is 10.4. The summed E-state index contributed by atoms with van der Waals surface area (Å²) in [6.45, 7) is 1.39. The Balaban J connectivity index is 1.56. The van der Waals surface area contributed by atoms with Crippen LogP contribution in [0.1, 0.15) is 43.6 Å². The van der Waals surface area contributed by atoms with Crippen molar-refractivity contribution >= 4 is 5.96 Å². The third-order valence-electron chi connectivity index (χ3n) is 4.32. The monoisotopic (exact) mass is 326 g/mol. The van der Waals surface area contributed by atoms with Crippen LogP contribution in [0, 0.1) is 0 Å². The van der Waals surface area contributed by atoms with Crippen LogP contribution >= 0.6 is 0 Å². The number of furan rings is 1. The number of nitrogens with zero attached hydrogens (tertiary/aromatic N) is 2. The molecule has 24 heavy (non-hydrogen) atoms. The predicted molar refractivity (Wildman–Crippen MR) is 95.8 cm³/mol. The molecular weight excluding hydrogens is 300 g/mol. The molecule has 1 aliphatic carbocycles. The summed E-state index contributed by atoms with van der Waals surface area (Å²) in [4.78, 5) is 9.05. The first kappa shape index (κ1) is 16.6. The Morgan fingerprint density at radius 3 is 2.83 bits per heavy atom. The SMILES string of the molecule is c1ccc(CN=C(NCCc2ccco2)NC2CCCCC2)nc1. The van der Waals surface area contributed by atoms with Gasteiger partial charge in [0, 0.05) is 25.2 Å². The molecule has 1 aliphatic rings. The zero-order valence-corrected chi connectivity index (χ0v) is 14.1. The molecule has 0 bridgehead atoms. The van der Waals surface area contributed by atoms with E-state index in [9.17, 15) is 0 Å². The van der Waals surface area contributed by atoms with E-state index in [1.54, 1.807) is 6.26 Å². The van der Waals surface area contributed by atoms with E-state index >= 15 is 0 Å². The molecule has 2 heterocycles. The molecule has 1 fully saturated rings. The molecule has 0 aromatic carbocycles. The normalized spacial score (nSPS) is 16.1. The van der Waals surface area contributed by atoms with Gasteiger partial charge >= 0.3 is 0 Å². The molecular formula is C19H26N4O. The maximum absolute atomic E-state index is 5.38. The van der Waals surface area contributed by atoms with Crippen LogP contribution in [0.3, 0.4) is 0 Å². The van der Waals surface area contributed by atoms with Crippen LogP contribution in [0.2, 0.25) is 0 Å². The molecule has 0 amide bonds. The Bertz CT molecular complexity index is 604. The van der Waals surface area contributed by atoms with Gasteiger partial charge in [-0.05, 0) is 37.1 Å². The second kappa shape index (κ2) is 9.11. The summed E-state index contributed by atoms with van der Waals surface area (Å²) >= 11 is 0. The fraction of sp³-hybridized carbons (Fsp3) is 0.474. The summed E-state index contributed by atoms with van der Waals surface area (Å²) in [5.74, 6) is 1.86. The van der Waals surface area contributed by atoms with E-state index in [0.29, 0.717) is 12.6 Å². The van der Waals surface area contributed by atoms with Crippen molar-refractivity contribution in [2.24, 2.45) is 4.99 Å². The topological polar surface area (TPSA) is 62.5 Å². The van der Waals surface area contributed by atoms with Gasteiger partial charge < -0.3 is 15.1 Å². The quantitative estimate of drug-likeness (QED) is 0.632. The largest absolute Gasteiger partial charge is 0.469 e. The maximum Gasteiger partial charge on any atom is 0.191 e. The lowest BCUT2D eigenvalue weighted by atomic mass is 9.96. The van der Waals surface area contributed by atoms with E-state index in [1.165, 1.54) is 32.1 Å². The van der Waals surface area contributed by atoms with Gasteiger partial charge in [0.2, 0.25) is 0 Å². The van der Waals surface area contributed by atoms with Crippen molar-refractivity contribution in [1.29, 1.82) is 0 Å². The van der Waals surface area contributed by atoms with E-state index in [0.717, 1.165) is 30.4 Å². The molecule has 2 aromatic heterocycles. The number of aromatic nitrogens is 1. The Morgan fingerprint density at radius 2 is 2.08 bits per heavy atom. The third-order valence-corrected chi connectivity index (χ3v) is 4.32. The van der Waals surface area contributed by atoms with Crippen molar-refractivity contribution < 1.29 is 4.42 Å². The minimum atomic E-state index is 0.525. The predicted octanol–water partition coefficient (Wildman–Crippen LogP) is 3.29. The van der Waals surface area contributed by atoms with E-state index in [-0.39, 0.29) is 0 Å². The number of hydrogen-bond donors (Lipinski definition) is 2. The molecule has 0 saturated heterocycles. The van der Waals surface area contributed by atoms with Gasteiger partial charge in [0.05, 0.1) is 18.5 Å². The number of hydrogen-bond acceptors (Lipinski definition) is 3. The number of nitrogens with one attached hydrogen (secondary N) is 2. The molecule has 128 valence electrons. The highest BCUT2D eigenvalue weighted by molar-refractivity contribution is 5.80. The van der Waals surface area contributed by atoms with Crippen LogP contribution in [-0.4, -0.2) is 23.5 Å². The highest BCUT2D eigenvalue weighted by Gasteiger charge is 2.14. The van der Waals surface area contributed by atoms with Crippen LogP contribution in [0.5, 0.6) is 0 Å². The minimum absolute atomic E-state index is 0.525.